The topological polar surface area (TPSA) is 103 Å². The molecular weight excluding hydrogens is 494 g/mol. The van der Waals surface area contributed by atoms with Crippen LogP contribution in [-0.4, -0.2) is 26.8 Å². The van der Waals surface area contributed by atoms with E-state index in [1.807, 2.05) is 60.8 Å². The molecule has 36 heavy (non-hydrogen) atoms. The molecule has 176 valence electrons. The minimum atomic E-state index is -0.476. The molecule has 9 heteroatoms. The van der Waals surface area contributed by atoms with Gasteiger partial charge in [0.2, 0.25) is 0 Å². The lowest BCUT2D eigenvalue weighted by molar-refractivity contribution is 0.0955. The molecule has 5 aromatic rings. The van der Waals surface area contributed by atoms with Gasteiger partial charge >= 0.3 is 0 Å². The highest BCUT2D eigenvalue weighted by Crippen LogP contribution is 2.26. The fraction of sp³-hybridized carbons (Fsp3) is 0.0370. The molecule has 0 bridgehead atoms. The molecule has 0 aliphatic carbocycles. The molecule has 0 saturated heterocycles. The monoisotopic (exact) mass is 511 g/mol. The van der Waals surface area contributed by atoms with Crippen molar-refractivity contribution in [3.8, 4) is 22.4 Å². The van der Waals surface area contributed by atoms with Crippen molar-refractivity contribution >= 4 is 46.0 Å². The molecule has 2 N–H and O–H groups in total. The van der Waals surface area contributed by atoms with Crippen molar-refractivity contribution in [1.82, 2.24) is 15.0 Å². The Morgan fingerprint density at radius 3 is 2.81 bits per heavy atom. The number of fused-ring (bicyclic) bond motifs is 1. The van der Waals surface area contributed by atoms with Crippen LogP contribution in [0.4, 0.5) is 0 Å². The number of hydrogen-bond acceptors (Lipinski definition) is 6. The van der Waals surface area contributed by atoms with E-state index in [0.717, 1.165) is 32.7 Å². The van der Waals surface area contributed by atoms with Crippen molar-refractivity contribution in [1.29, 1.82) is 5.26 Å². The van der Waals surface area contributed by atoms with Crippen LogP contribution >= 0.6 is 22.9 Å². The number of halogens is 1. The molecule has 0 unspecified atom stereocenters. The first-order valence-corrected chi connectivity index (χ1v) is 12.1. The molecule has 0 aliphatic rings. The zero-order chi connectivity index (χ0) is 25.1. The number of hydrogen-bond donors (Lipinski definition) is 2. The standard InChI is InChI=1S/C27H18ClN5O2S/c28-22-5-2-18(3-6-22)27-31-23(16-36-27)15-33-10-9-19-11-17(1-7-24(19)33)14-30-32-26(35)20-4-8-25(34)21(12-20)13-29/h1-12,14,16,34H,15H2,(H,32,35). The average molecular weight is 512 g/mol. The highest BCUT2D eigenvalue weighted by Gasteiger charge is 2.10. The highest BCUT2D eigenvalue weighted by atomic mass is 35.5. The van der Waals surface area contributed by atoms with Crippen molar-refractivity contribution < 1.29 is 9.90 Å². The number of rotatable bonds is 6. The minimum Gasteiger partial charge on any atom is -0.507 e. The van der Waals surface area contributed by atoms with E-state index in [-0.39, 0.29) is 16.9 Å². The first-order chi connectivity index (χ1) is 17.5. The summed E-state index contributed by atoms with van der Waals surface area (Å²) in [5.74, 6) is -0.647. The van der Waals surface area contributed by atoms with Crippen LogP contribution < -0.4 is 5.43 Å². The SMILES string of the molecule is N#Cc1cc(C(=O)NN=Cc2ccc3c(ccn3Cc3csc(-c4ccc(Cl)cc4)n3)c2)ccc1O. The summed E-state index contributed by atoms with van der Waals surface area (Å²) in [7, 11) is 0. The first kappa shape index (κ1) is 23.3. The normalized spacial score (nSPS) is 11.1. The quantitative estimate of drug-likeness (QED) is 0.222. The van der Waals surface area contributed by atoms with Crippen molar-refractivity contribution in [3.05, 3.63) is 106 Å². The van der Waals surface area contributed by atoms with Gasteiger partial charge in [-0.05, 0) is 54.1 Å². The van der Waals surface area contributed by atoms with Gasteiger partial charge in [0, 0.05) is 38.6 Å². The van der Waals surface area contributed by atoms with Gasteiger partial charge in [0.25, 0.3) is 5.91 Å². The number of nitrogens with zero attached hydrogens (tertiary/aromatic N) is 4. The van der Waals surface area contributed by atoms with Crippen LogP contribution in [0.5, 0.6) is 5.75 Å². The lowest BCUT2D eigenvalue weighted by Crippen LogP contribution is -2.17. The van der Waals surface area contributed by atoms with Gasteiger partial charge in [0.1, 0.15) is 16.8 Å². The number of phenols is 1. The third-order valence-corrected chi connectivity index (χ3v) is 6.72. The molecule has 7 nitrogen and oxygen atoms in total. The molecular formula is C27H18ClN5O2S. The Bertz CT molecular complexity index is 1650. The second-order valence-corrected chi connectivity index (χ2v) is 9.25. The summed E-state index contributed by atoms with van der Waals surface area (Å²) in [6.07, 6.45) is 3.57. The van der Waals surface area contributed by atoms with Crippen molar-refractivity contribution in [3.63, 3.8) is 0 Å². The van der Waals surface area contributed by atoms with Crippen LogP contribution in [0.1, 0.15) is 27.2 Å². The van der Waals surface area contributed by atoms with E-state index in [2.05, 4.69) is 20.5 Å². The third-order valence-electron chi connectivity index (χ3n) is 5.53. The Morgan fingerprint density at radius 2 is 2.00 bits per heavy atom. The Balaban J connectivity index is 1.26. The van der Waals surface area contributed by atoms with Crippen LogP contribution in [-0.2, 0) is 6.54 Å². The Kier molecular flexibility index (Phi) is 6.50. The molecule has 2 aromatic heterocycles. The minimum absolute atomic E-state index is 0.0282. The van der Waals surface area contributed by atoms with Gasteiger partial charge in [-0.3, -0.25) is 4.79 Å². The van der Waals surface area contributed by atoms with Crippen molar-refractivity contribution in [2.45, 2.75) is 6.54 Å². The predicted octanol–water partition coefficient (Wildman–Crippen LogP) is 5.81. The summed E-state index contributed by atoms with van der Waals surface area (Å²) in [5, 5.41) is 27.3. The van der Waals surface area contributed by atoms with E-state index in [1.54, 1.807) is 17.6 Å². The third kappa shape index (κ3) is 4.98. The summed E-state index contributed by atoms with van der Waals surface area (Å²) in [4.78, 5) is 17.0. The van der Waals surface area contributed by atoms with Gasteiger partial charge in [0.15, 0.2) is 0 Å². The van der Waals surface area contributed by atoms with Crippen molar-refractivity contribution in [2.75, 3.05) is 0 Å². The maximum atomic E-state index is 12.3. The summed E-state index contributed by atoms with van der Waals surface area (Å²) >= 11 is 7.59. The fourth-order valence-corrected chi connectivity index (χ4v) is 4.66. The number of nitrogens with one attached hydrogen (secondary N) is 1. The zero-order valence-electron chi connectivity index (χ0n) is 18.7. The van der Waals surface area contributed by atoms with E-state index in [1.165, 1.54) is 18.2 Å². The van der Waals surface area contributed by atoms with E-state index in [4.69, 9.17) is 21.8 Å². The van der Waals surface area contributed by atoms with E-state index < -0.39 is 5.91 Å². The zero-order valence-corrected chi connectivity index (χ0v) is 20.3. The van der Waals surface area contributed by atoms with Gasteiger partial charge in [-0.15, -0.1) is 11.3 Å². The number of phenolic OH excluding ortho intramolecular Hbond substituents is 1. The molecule has 0 atom stereocenters. The molecule has 2 heterocycles. The number of carbonyl (C=O) groups is 1. The highest BCUT2D eigenvalue weighted by molar-refractivity contribution is 7.13. The Hall–Kier alpha value is -4.45. The molecule has 3 aromatic carbocycles. The summed E-state index contributed by atoms with van der Waals surface area (Å²) in [5.41, 5.74) is 6.60. The maximum absolute atomic E-state index is 12.3. The predicted molar refractivity (Wildman–Crippen MR) is 141 cm³/mol. The summed E-state index contributed by atoms with van der Waals surface area (Å²) in [6, 6.07) is 21.5. The van der Waals surface area contributed by atoms with Gasteiger partial charge in [-0.25, -0.2) is 10.4 Å². The van der Waals surface area contributed by atoms with Gasteiger partial charge < -0.3 is 9.67 Å². The number of amides is 1. The fourth-order valence-electron chi connectivity index (χ4n) is 3.71. The van der Waals surface area contributed by atoms with E-state index >= 15 is 0 Å². The lowest BCUT2D eigenvalue weighted by Gasteiger charge is -2.04. The van der Waals surface area contributed by atoms with Crippen LogP contribution in [0.25, 0.3) is 21.5 Å². The number of hydrazone groups is 1. The first-order valence-electron chi connectivity index (χ1n) is 10.9. The van der Waals surface area contributed by atoms with Gasteiger partial charge in [-0.2, -0.15) is 10.4 Å². The van der Waals surface area contributed by atoms with Crippen LogP contribution in [0.15, 0.2) is 83.4 Å². The van der Waals surface area contributed by atoms with Gasteiger partial charge in [-0.1, -0.05) is 29.8 Å². The summed E-state index contributed by atoms with van der Waals surface area (Å²) < 4.78 is 2.14. The Labute approximate surface area is 215 Å². The number of thiazole rings is 1. The number of benzene rings is 3. The summed E-state index contributed by atoms with van der Waals surface area (Å²) in [6.45, 7) is 0.647. The second kappa shape index (κ2) is 10.0. The average Bonchev–Trinajstić information content (AvgIpc) is 3.52. The maximum Gasteiger partial charge on any atom is 0.271 e. The van der Waals surface area contributed by atoms with Crippen LogP contribution in [0, 0.1) is 11.3 Å². The number of aromatic nitrogens is 2. The molecule has 0 spiro atoms. The second-order valence-electron chi connectivity index (χ2n) is 7.96. The van der Waals surface area contributed by atoms with Crippen LogP contribution in [0.3, 0.4) is 0 Å². The number of nitriles is 1. The van der Waals surface area contributed by atoms with Crippen LogP contribution in [0.2, 0.25) is 5.02 Å². The smallest absolute Gasteiger partial charge is 0.271 e. The molecule has 0 aliphatic heterocycles. The molecule has 1 amide bonds. The van der Waals surface area contributed by atoms with E-state index in [0.29, 0.717) is 11.6 Å². The molecule has 5 rings (SSSR count). The molecule has 0 saturated carbocycles. The van der Waals surface area contributed by atoms with Gasteiger partial charge in [0.05, 0.1) is 24.0 Å². The largest absolute Gasteiger partial charge is 0.507 e. The van der Waals surface area contributed by atoms with Crippen molar-refractivity contribution in [2.24, 2.45) is 5.10 Å². The Morgan fingerprint density at radius 1 is 1.17 bits per heavy atom. The number of carbonyl (C=O) groups excluding carboxylic acids is 1. The number of aromatic hydroxyl groups is 1. The lowest BCUT2D eigenvalue weighted by atomic mass is 10.1. The van der Waals surface area contributed by atoms with E-state index in [9.17, 15) is 9.90 Å². The molecule has 0 fully saturated rings. The molecule has 0 radical (unpaired) electrons.